The summed E-state index contributed by atoms with van der Waals surface area (Å²) in [5.41, 5.74) is 0. The van der Waals surface area contributed by atoms with E-state index in [1.54, 1.807) is 0 Å². The fourth-order valence-electron chi connectivity index (χ4n) is 3.49. The van der Waals surface area contributed by atoms with Crippen molar-refractivity contribution in [2.45, 2.75) is 130 Å². The predicted molar refractivity (Wildman–Crippen MR) is 124 cm³/mol. The van der Waals surface area contributed by atoms with Crippen LogP contribution < -0.4 is 0 Å². The highest BCUT2D eigenvalue weighted by Gasteiger charge is 2.26. The van der Waals surface area contributed by atoms with Crippen LogP contribution in [0.1, 0.15) is 130 Å². The largest absolute Gasteiger partial charge is 0.465 e. The Morgan fingerprint density at radius 3 is 1.83 bits per heavy atom. The molecule has 0 radical (unpaired) electrons. The number of hydrogen-bond donors (Lipinski definition) is 0. The average molecular weight is 409 g/mol. The van der Waals surface area contributed by atoms with Gasteiger partial charge < -0.3 is 4.74 Å². The van der Waals surface area contributed by atoms with E-state index in [9.17, 15) is 9.59 Å². The fourth-order valence-corrected chi connectivity index (χ4v) is 3.49. The molecule has 0 saturated carbocycles. The zero-order valence-electron chi connectivity index (χ0n) is 19.7. The molecular formula is C26H48O3. The summed E-state index contributed by atoms with van der Waals surface area (Å²) in [6.07, 6.45) is 23.4. The van der Waals surface area contributed by atoms with Gasteiger partial charge in [-0.1, -0.05) is 90.7 Å². The number of Topliss-reactive ketones (excluding diaryl/α,β-unsaturated/α-hetero) is 1. The van der Waals surface area contributed by atoms with E-state index < -0.39 is 5.92 Å². The second-order valence-corrected chi connectivity index (χ2v) is 8.31. The van der Waals surface area contributed by atoms with Crippen LogP contribution in [-0.2, 0) is 14.3 Å². The number of carbonyl (C=O) groups excluding carboxylic acids is 2. The van der Waals surface area contributed by atoms with E-state index in [2.05, 4.69) is 26.0 Å². The van der Waals surface area contributed by atoms with Crippen LogP contribution in [0.25, 0.3) is 0 Å². The van der Waals surface area contributed by atoms with Crippen molar-refractivity contribution < 1.29 is 14.3 Å². The summed E-state index contributed by atoms with van der Waals surface area (Å²) in [7, 11) is 0. The standard InChI is InChI=1S/C26H48O3/c1-4-7-9-10-11-12-13-14-15-16-17-18-19-20-22-24(25(27)21-6-3)26(28)29-23-8-5-2/h14-15,24H,4-13,16-23H2,1-3H3/b15-14-. The van der Waals surface area contributed by atoms with Gasteiger partial charge in [0.2, 0.25) is 0 Å². The summed E-state index contributed by atoms with van der Waals surface area (Å²) in [5, 5.41) is 0. The molecule has 0 spiro atoms. The van der Waals surface area contributed by atoms with Gasteiger partial charge in [0.15, 0.2) is 0 Å². The maximum absolute atomic E-state index is 12.3. The SMILES string of the molecule is CCCCCCCC/C=C\CCCCCCC(C(=O)CCC)C(=O)OCCCC. The lowest BCUT2D eigenvalue weighted by atomic mass is 9.94. The third kappa shape index (κ3) is 17.4. The van der Waals surface area contributed by atoms with Crippen molar-refractivity contribution in [3.05, 3.63) is 12.2 Å². The van der Waals surface area contributed by atoms with Crippen LogP contribution in [-0.4, -0.2) is 18.4 Å². The van der Waals surface area contributed by atoms with E-state index in [0.29, 0.717) is 19.4 Å². The molecule has 3 nitrogen and oxygen atoms in total. The first-order valence-corrected chi connectivity index (χ1v) is 12.5. The number of ether oxygens (including phenoxy) is 1. The summed E-state index contributed by atoms with van der Waals surface area (Å²) in [4.78, 5) is 24.5. The number of esters is 1. The summed E-state index contributed by atoms with van der Waals surface area (Å²) < 4.78 is 5.31. The number of rotatable bonds is 21. The Balaban J connectivity index is 3.81. The monoisotopic (exact) mass is 408 g/mol. The highest BCUT2D eigenvalue weighted by molar-refractivity contribution is 5.98. The molecule has 3 heteroatoms. The molecule has 0 aliphatic carbocycles. The number of carbonyl (C=O) groups is 2. The molecule has 1 unspecified atom stereocenters. The highest BCUT2D eigenvalue weighted by Crippen LogP contribution is 2.17. The first kappa shape index (κ1) is 27.9. The third-order valence-corrected chi connectivity index (χ3v) is 5.42. The van der Waals surface area contributed by atoms with Crippen LogP contribution in [0.2, 0.25) is 0 Å². The zero-order valence-corrected chi connectivity index (χ0v) is 19.7. The van der Waals surface area contributed by atoms with Crippen molar-refractivity contribution in [3.63, 3.8) is 0 Å². The molecule has 0 heterocycles. The first-order chi connectivity index (χ1) is 14.2. The van der Waals surface area contributed by atoms with Crippen molar-refractivity contribution in [1.29, 1.82) is 0 Å². The lowest BCUT2D eigenvalue weighted by molar-refractivity contribution is -0.152. The van der Waals surface area contributed by atoms with E-state index in [4.69, 9.17) is 4.74 Å². The van der Waals surface area contributed by atoms with E-state index in [1.165, 1.54) is 57.8 Å². The number of hydrogen-bond acceptors (Lipinski definition) is 3. The van der Waals surface area contributed by atoms with Crippen molar-refractivity contribution in [1.82, 2.24) is 0 Å². The lowest BCUT2D eigenvalue weighted by Gasteiger charge is -2.14. The van der Waals surface area contributed by atoms with Crippen LogP contribution in [0.15, 0.2) is 12.2 Å². The Morgan fingerprint density at radius 2 is 1.24 bits per heavy atom. The molecule has 0 aromatic carbocycles. The molecule has 0 aromatic rings. The molecule has 1 atom stereocenters. The molecule has 0 aliphatic heterocycles. The summed E-state index contributed by atoms with van der Waals surface area (Å²) in [5.74, 6) is -0.773. The minimum atomic E-state index is -0.538. The fraction of sp³-hybridized carbons (Fsp3) is 0.846. The van der Waals surface area contributed by atoms with E-state index in [1.807, 2.05) is 6.92 Å². The van der Waals surface area contributed by atoms with Gasteiger partial charge in [-0.2, -0.15) is 0 Å². The Morgan fingerprint density at radius 1 is 0.690 bits per heavy atom. The minimum absolute atomic E-state index is 0.0617. The summed E-state index contributed by atoms with van der Waals surface area (Å²) >= 11 is 0. The number of allylic oxidation sites excluding steroid dienone is 2. The molecule has 0 N–H and O–H groups in total. The average Bonchev–Trinajstić information content (AvgIpc) is 2.71. The van der Waals surface area contributed by atoms with Gasteiger partial charge in [0, 0.05) is 6.42 Å². The summed E-state index contributed by atoms with van der Waals surface area (Å²) in [6.45, 7) is 6.75. The van der Waals surface area contributed by atoms with Crippen LogP contribution in [0.5, 0.6) is 0 Å². The zero-order chi connectivity index (χ0) is 21.6. The van der Waals surface area contributed by atoms with Gasteiger partial charge in [0.25, 0.3) is 0 Å². The van der Waals surface area contributed by atoms with Gasteiger partial charge in [-0.25, -0.2) is 0 Å². The molecular weight excluding hydrogens is 360 g/mol. The Kier molecular flexibility index (Phi) is 20.8. The van der Waals surface area contributed by atoms with Gasteiger partial charge in [-0.3, -0.25) is 9.59 Å². The Bertz CT molecular complexity index is 414. The maximum Gasteiger partial charge on any atom is 0.316 e. The van der Waals surface area contributed by atoms with E-state index in [0.717, 1.165) is 38.5 Å². The second-order valence-electron chi connectivity index (χ2n) is 8.31. The van der Waals surface area contributed by atoms with Crippen LogP contribution in [0.4, 0.5) is 0 Å². The molecule has 29 heavy (non-hydrogen) atoms. The first-order valence-electron chi connectivity index (χ1n) is 12.5. The molecule has 0 saturated heterocycles. The summed E-state index contributed by atoms with van der Waals surface area (Å²) in [6, 6.07) is 0. The molecule has 0 fully saturated rings. The quantitative estimate of drug-likeness (QED) is 0.0837. The predicted octanol–water partition coefficient (Wildman–Crippen LogP) is 7.96. The molecule has 0 amide bonds. The van der Waals surface area contributed by atoms with E-state index >= 15 is 0 Å². The smallest absolute Gasteiger partial charge is 0.316 e. The molecule has 0 aliphatic rings. The van der Waals surface area contributed by atoms with Crippen molar-refractivity contribution in [3.8, 4) is 0 Å². The van der Waals surface area contributed by atoms with Crippen molar-refractivity contribution in [2.24, 2.45) is 5.92 Å². The van der Waals surface area contributed by atoms with Crippen LogP contribution in [0, 0.1) is 5.92 Å². The topological polar surface area (TPSA) is 43.4 Å². The molecule has 170 valence electrons. The Hall–Kier alpha value is -1.12. The van der Waals surface area contributed by atoms with Gasteiger partial charge in [-0.15, -0.1) is 0 Å². The second kappa shape index (κ2) is 21.6. The normalized spacial score (nSPS) is 12.4. The van der Waals surface area contributed by atoms with Crippen LogP contribution in [0.3, 0.4) is 0 Å². The maximum atomic E-state index is 12.3. The van der Waals surface area contributed by atoms with E-state index in [-0.39, 0.29) is 11.8 Å². The third-order valence-electron chi connectivity index (χ3n) is 5.42. The van der Waals surface area contributed by atoms with Gasteiger partial charge in [0.1, 0.15) is 11.7 Å². The molecule has 0 rings (SSSR count). The number of ketones is 1. The van der Waals surface area contributed by atoms with Crippen LogP contribution >= 0.6 is 0 Å². The molecule has 0 aromatic heterocycles. The number of unbranched alkanes of at least 4 members (excludes halogenated alkanes) is 11. The van der Waals surface area contributed by atoms with Gasteiger partial charge in [0.05, 0.1) is 6.61 Å². The van der Waals surface area contributed by atoms with Crippen molar-refractivity contribution in [2.75, 3.05) is 6.61 Å². The minimum Gasteiger partial charge on any atom is -0.465 e. The van der Waals surface area contributed by atoms with Crippen molar-refractivity contribution >= 4 is 11.8 Å². The Labute approximate surface area is 181 Å². The lowest BCUT2D eigenvalue weighted by Crippen LogP contribution is -2.26. The molecule has 0 bridgehead atoms. The highest BCUT2D eigenvalue weighted by atomic mass is 16.5. The van der Waals surface area contributed by atoms with Gasteiger partial charge >= 0.3 is 5.97 Å². The van der Waals surface area contributed by atoms with Gasteiger partial charge in [-0.05, 0) is 44.9 Å².